The van der Waals surface area contributed by atoms with Gasteiger partial charge in [-0.1, -0.05) is 0 Å². The predicted molar refractivity (Wildman–Crippen MR) is 84.8 cm³/mol. The van der Waals surface area contributed by atoms with Crippen molar-refractivity contribution in [1.29, 1.82) is 0 Å². The van der Waals surface area contributed by atoms with Gasteiger partial charge in [-0.25, -0.2) is 4.98 Å². The van der Waals surface area contributed by atoms with Crippen LogP contribution in [0.25, 0.3) is 11.7 Å². The van der Waals surface area contributed by atoms with Crippen molar-refractivity contribution in [3.05, 3.63) is 36.4 Å². The molecule has 0 bridgehead atoms. The van der Waals surface area contributed by atoms with Gasteiger partial charge >= 0.3 is 0 Å². The Morgan fingerprint density at radius 2 is 2.29 bits per heavy atom. The van der Waals surface area contributed by atoms with E-state index in [1.165, 1.54) is 6.42 Å². The zero-order valence-corrected chi connectivity index (χ0v) is 13.6. The number of likely N-dealkylation sites (tertiary alicyclic amines) is 1. The fraction of sp³-hybridized carbons (Fsp3) is 0.500. The summed E-state index contributed by atoms with van der Waals surface area (Å²) in [4.78, 5) is 6.36. The van der Waals surface area contributed by atoms with E-state index in [4.69, 9.17) is 8.83 Å². The van der Waals surface area contributed by atoms with Gasteiger partial charge < -0.3 is 8.83 Å². The van der Waals surface area contributed by atoms with Crippen molar-refractivity contribution in [2.45, 2.75) is 32.9 Å². The summed E-state index contributed by atoms with van der Waals surface area (Å²) in [6.07, 6.45) is 7.36. The summed E-state index contributed by atoms with van der Waals surface area (Å²) in [7, 11) is 0. The summed E-state index contributed by atoms with van der Waals surface area (Å²) in [5.74, 6) is 2.29. The number of rotatable bonds is 5. The zero-order chi connectivity index (χ0) is 16.4. The second-order valence-corrected chi connectivity index (χ2v) is 6.29. The molecule has 0 aromatic carbocycles. The van der Waals surface area contributed by atoms with Crippen LogP contribution in [-0.4, -0.2) is 43.0 Å². The summed E-state index contributed by atoms with van der Waals surface area (Å²) in [5, 5.41) is 12.5. The number of furan rings is 1. The molecule has 126 valence electrons. The fourth-order valence-electron chi connectivity index (χ4n) is 3.23. The molecule has 8 heteroatoms. The smallest absolute Gasteiger partial charge is 0.283 e. The van der Waals surface area contributed by atoms with E-state index >= 15 is 0 Å². The molecule has 1 aliphatic rings. The largest absolute Gasteiger partial charge is 0.459 e. The van der Waals surface area contributed by atoms with Gasteiger partial charge in [-0.15, -0.1) is 10.2 Å². The van der Waals surface area contributed by atoms with Gasteiger partial charge in [0.05, 0.1) is 12.8 Å². The number of aromatic nitrogens is 5. The van der Waals surface area contributed by atoms with E-state index in [2.05, 4.69) is 25.2 Å². The number of aryl methyl sites for hydroxylation is 1. The molecule has 4 heterocycles. The maximum absolute atomic E-state index is 5.77. The van der Waals surface area contributed by atoms with Crippen LogP contribution >= 0.6 is 0 Å². The molecule has 0 amide bonds. The molecule has 4 rings (SSSR count). The van der Waals surface area contributed by atoms with E-state index in [9.17, 15) is 0 Å². The summed E-state index contributed by atoms with van der Waals surface area (Å²) in [6, 6.07) is 1.89. The van der Waals surface area contributed by atoms with Crippen LogP contribution in [-0.2, 0) is 13.1 Å². The van der Waals surface area contributed by atoms with E-state index < -0.39 is 0 Å². The molecule has 8 nitrogen and oxygen atoms in total. The third kappa shape index (κ3) is 3.23. The molecule has 1 aliphatic heterocycles. The highest BCUT2D eigenvalue weighted by Gasteiger charge is 2.23. The molecule has 0 N–H and O–H groups in total. The lowest BCUT2D eigenvalue weighted by atomic mass is 9.98. The summed E-state index contributed by atoms with van der Waals surface area (Å²) in [5.41, 5.74) is 0.996. The van der Waals surface area contributed by atoms with E-state index in [-0.39, 0.29) is 0 Å². The minimum atomic E-state index is 0.448. The van der Waals surface area contributed by atoms with Gasteiger partial charge in [-0.2, -0.15) is 5.10 Å². The van der Waals surface area contributed by atoms with Gasteiger partial charge in [0.15, 0.2) is 5.76 Å². The van der Waals surface area contributed by atoms with Crippen LogP contribution in [0.4, 0.5) is 0 Å². The number of piperidine rings is 1. The molecule has 24 heavy (non-hydrogen) atoms. The summed E-state index contributed by atoms with van der Waals surface area (Å²) in [6.45, 7) is 5.57. The Hall–Kier alpha value is -2.48. The van der Waals surface area contributed by atoms with Gasteiger partial charge in [0.2, 0.25) is 5.89 Å². The molecule has 0 radical (unpaired) electrons. The Morgan fingerprint density at radius 3 is 3.08 bits per heavy atom. The Kier molecular flexibility index (Phi) is 4.12. The number of hydrogen-bond donors (Lipinski definition) is 0. The van der Waals surface area contributed by atoms with E-state index in [1.807, 2.05) is 17.7 Å². The third-order valence-corrected chi connectivity index (χ3v) is 4.40. The molecular weight excluding hydrogens is 308 g/mol. The minimum absolute atomic E-state index is 0.448. The monoisotopic (exact) mass is 328 g/mol. The molecule has 0 saturated carbocycles. The Labute approximate surface area is 139 Å². The summed E-state index contributed by atoms with van der Waals surface area (Å²) < 4.78 is 13.1. The van der Waals surface area contributed by atoms with Crippen LogP contribution in [0.15, 0.2) is 33.8 Å². The van der Waals surface area contributed by atoms with Gasteiger partial charge in [-0.05, 0) is 38.3 Å². The summed E-state index contributed by atoms with van der Waals surface area (Å²) >= 11 is 0. The maximum Gasteiger partial charge on any atom is 0.283 e. The average molecular weight is 328 g/mol. The van der Waals surface area contributed by atoms with Crippen LogP contribution in [0.1, 0.15) is 24.3 Å². The Balaban J connectivity index is 1.38. The molecule has 3 aromatic heterocycles. The van der Waals surface area contributed by atoms with E-state index in [0.29, 0.717) is 30.0 Å². The first-order valence-corrected chi connectivity index (χ1v) is 8.19. The lowest BCUT2D eigenvalue weighted by molar-refractivity contribution is 0.142. The van der Waals surface area contributed by atoms with Crippen molar-refractivity contribution < 1.29 is 8.83 Å². The van der Waals surface area contributed by atoms with Crippen molar-refractivity contribution in [2.24, 2.45) is 5.92 Å². The molecular formula is C16H20N6O2. The lowest BCUT2D eigenvalue weighted by Crippen LogP contribution is -2.36. The molecule has 1 fully saturated rings. The van der Waals surface area contributed by atoms with E-state index in [1.54, 1.807) is 18.9 Å². The van der Waals surface area contributed by atoms with Crippen LogP contribution in [0, 0.1) is 12.8 Å². The highest BCUT2D eigenvalue weighted by Crippen LogP contribution is 2.24. The van der Waals surface area contributed by atoms with Crippen molar-refractivity contribution in [3.8, 4) is 11.7 Å². The molecule has 0 unspecified atom stereocenters. The van der Waals surface area contributed by atoms with Crippen LogP contribution in [0.5, 0.6) is 0 Å². The van der Waals surface area contributed by atoms with Crippen molar-refractivity contribution in [1.82, 2.24) is 29.9 Å². The van der Waals surface area contributed by atoms with Gasteiger partial charge in [-0.3, -0.25) is 9.58 Å². The van der Waals surface area contributed by atoms with Gasteiger partial charge in [0.25, 0.3) is 5.89 Å². The first-order valence-electron chi connectivity index (χ1n) is 8.19. The molecule has 0 spiro atoms. The molecule has 1 atom stereocenters. The van der Waals surface area contributed by atoms with E-state index in [0.717, 1.165) is 31.6 Å². The minimum Gasteiger partial charge on any atom is -0.459 e. The normalized spacial score (nSPS) is 19.0. The number of nitrogens with zero attached hydrogens (tertiary/aromatic N) is 6. The van der Waals surface area contributed by atoms with Crippen molar-refractivity contribution >= 4 is 0 Å². The van der Waals surface area contributed by atoms with Crippen LogP contribution in [0.3, 0.4) is 0 Å². The lowest BCUT2D eigenvalue weighted by Gasteiger charge is -2.31. The Bertz CT molecular complexity index is 778. The highest BCUT2D eigenvalue weighted by atomic mass is 16.4. The van der Waals surface area contributed by atoms with Gasteiger partial charge in [0.1, 0.15) is 12.7 Å². The molecule has 1 saturated heterocycles. The second-order valence-electron chi connectivity index (χ2n) is 6.29. The third-order valence-electron chi connectivity index (χ3n) is 4.40. The van der Waals surface area contributed by atoms with Gasteiger partial charge in [0, 0.05) is 18.7 Å². The topological polar surface area (TPSA) is 86.0 Å². The Morgan fingerprint density at radius 1 is 1.33 bits per heavy atom. The quantitative estimate of drug-likeness (QED) is 0.709. The second kappa shape index (κ2) is 6.56. The fourth-order valence-corrected chi connectivity index (χ4v) is 3.23. The maximum atomic E-state index is 5.77. The SMILES string of the molecule is Cc1ccoc1-c1nnc(CN2CCC[C@@H](Cn3cncn3)C2)o1. The average Bonchev–Trinajstić information content (AvgIpc) is 3.30. The zero-order valence-electron chi connectivity index (χ0n) is 13.6. The van der Waals surface area contributed by atoms with Crippen molar-refractivity contribution in [2.75, 3.05) is 13.1 Å². The first-order chi connectivity index (χ1) is 11.8. The van der Waals surface area contributed by atoms with Crippen LogP contribution < -0.4 is 0 Å². The number of hydrogen-bond acceptors (Lipinski definition) is 7. The van der Waals surface area contributed by atoms with Crippen LogP contribution in [0.2, 0.25) is 0 Å². The first kappa shape index (κ1) is 15.1. The highest BCUT2D eigenvalue weighted by molar-refractivity contribution is 5.49. The molecule has 0 aliphatic carbocycles. The standard InChI is InChI=1S/C16H20N6O2/c1-12-4-6-23-15(12)16-20-19-14(24-16)9-21-5-2-3-13(7-21)8-22-11-17-10-18-22/h4,6,10-11,13H,2-3,5,7-9H2,1H3/t13-/m1/s1. The predicted octanol–water partition coefficient (Wildman–Crippen LogP) is 2.14. The molecule has 3 aromatic rings. The van der Waals surface area contributed by atoms with Crippen molar-refractivity contribution in [3.63, 3.8) is 0 Å².